The Balaban J connectivity index is 0.000000241. The lowest BCUT2D eigenvalue weighted by molar-refractivity contribution is -0.115. The number of benzene rings is 2. The Kier molecular flexibility index (Phi) is 12.1. The van der Waals surface area contributed by atoms with Crippen molar-refractivity contribution in [1.29, 1.82) is 0 Å². The fraction of sp³-hybridized carbons (Fsp3) is 0.541. The molecule has 5 heterocycles. The molecular weight excluding hydrogens is 590 g/mol. The topological polar surface area (TPSA) is 100 Å². The molecule has 2 aromatic rings. The van der Waals surface area contributed by atoms with E-state index in [4.69, 9.17) is 0 Å². The molecule has 2 aromatic carbocycles. The van der Waals surface area contributed by atoms with Gasteiger partial charge in [-0.1, -0.05) is 36.8 Å². The lowest BCUT2D eigenvalue weighted by Crippen LogP contribution is -2.52. The minimum absolute atomic E-state index is 0.0279. The van der Waals surface area contributed by atoms with Gasteiger partial charge in [-0.05, 0) is 107 Å². The zero-order chi connectivity index (χ0) is 33.2. The first-order chi connectivity index (χ1) is 22.9. The summed E-state index contributed by atoms with van der Waals surface area (Å²) in [5, 5.41) is 8.81. The molecule has 0 saturated carbocycles. The standard InChI is InChI=1S/C24H27N5O3.C11H22N2.C2H2/c30-22-14-18-13-16(5-6-21(18)26-22)7-10-25-23(31)28-11-8-19(9-12-28)29-15-17-3-1-2-4-20(17)27-24(29)32;1-12-9-5-11(6-10-12)13-7-3-2-4-8-13;1-2/h1-6,13,19H,7-12,14-15H2,(H,25,31)(H,26,30)(H,27,32);11H,2-10H2,1H3;1-2H. The van der Waals surface area contributed by atoms with E-state index >= 15 is 0 Å². The summed E-state index contributed by atoms with van der Waals surface area (Å²) in [6.07, 6.45) is 17.8. The van der Waals surface area contributed by atoms with Crippen LogP contribution in [0.3, 0.4) is 0 Å². The monoisotopic (exact) mass is 641 g/mol. The number of piperidine rings is 3. The number of para-hydroxylation sites is 1. The van der Waals surface area contributed by atoms with Crippen molar-refractivity contribution in [2.45, 2.75) is 76.4 Å². The van der Waals surface area contributed by atoms with Gasteiger partial charge in [-0.25, -0.2) is 9.59 Å². The predicted octanol–water partition coefficient (Wildman–Crippen LogP) is 4.76. The number of amides is 5. The van der Waals surface area contributed by atoms with Gasteiger partial charge in [0, 0.05) is 49.6 Å². The third-order valence-corrected chi connectivity index (χ3v) is 10.1. The van der Waals surface area contributed by atoms with Crippen LogP contribution in [0.4, 0.5) is 21.0 Å². The van der Waals surface area contributed by atoms with Crippen molar-refractivity contribution in [2.75, 3.05) is 63.5 Å². The highest BCUT2D eigenvalue weighted by molar-refractivity contribution is 5.99. The van der Waals surface area contributed by atoms with Crippen LogP contribution in [0.5, 0.6) is 0 Å². The maximum Gasteiger partial charge on any atom is 0.322 e. The molecule has 5 aliphatic heterocycles. The Morgan fingerprint density at radius 3 is 2.26 bits per heavy atom. The van der Waals surface area contributed by atoms with Gasteiger partial charge in [-0.15, -0.1) is 12.8 Å². The van der Waals surface area contributed by atoms with Gasteiger partial charge >= 0.3 is 12.1 Å². The van der Waals surface area contributed by atoms with E-state index in [1.54, 1.807) is 0 Å². The zero-order valence-corrected chi connectivity index (χ0v) is 27.9. The van der Waals surface area contributed by atoms with Crippen LogP contribution in [0.1, 0.15) is 61.6 Å². The fourth-order valence-electron chi connectivity index (χ4n) is 7.41. The van der Waals surface area contributed by atoms with Crippen LogP contribution in [-0.2, 0) is 24.2 Å². The van der Waals surface area contributed by atoms with Crippen molar-refractivity contribution in [3.63, 3.8) is 0 Å². The van der Waals surface area contributed by atoms with Crippen LogP contribution < -0.4 is 16.0 Å². The fourth-order valence-corrected chi connectivity index (χ4v) is 7.41. The summed E-state index contributed by atoms with van der Waals surface area (Å²) in [7, 11) is 2.24. The van der Waals surface area contributed by atoms with E-state index in [9.17, 15) is 14.4 Å². The Morgan fingerprint density at radius 2 is 1.51 bits per heavy atom. The highest BCUT2D eigenvalue weighted by atomic mass is 16.2. The molecule has 252 valence electrons. The van der Waals surface area contributed by atoms with Gasteiger partial charge in [0.2, 0.25) is 5.91 Å². The number of nitrogens with one attached hydrogen (secondary N) is 3. The van der Waals surface area contributed by atoms with E-state index < -0.39 is 0 Å². The van der Waals surface area contributed by atoms with Gasteiger partial charge in [0.05, 0.1) is 6.42 Å². The molecule has 0 aliphatic carbocycles. The van der Waals surface area contributed by atoms with E-state index in [-0.39, 0.29) is 24.0 Å². The van der Waals surface area contributed by atoms with E-state index in [1.165, 1.54) is 58.3 Å². The van der Waals surface area contributed by atoms with Crippen molar-refractivity contribution in [3.05, 3.63) is 59.2 Å². The number of hydrogen-bond donors (Lipinski definition) is 3. The maximum atomic E-state index is 12.6. The van der Waals surface area contributed by atoms with Crippen molar-refractivity contribution in [2.24, 2.45) is 0 Å². The van der Waals surface area contributed by atoms with Crippen LogP contribution in [0, 0.1) is 12.8 Å². The SMILES string of the molecule is C#C.CN1CCC(N2CCCCC2)CC1.O=C1Cc2cc(CCNC(=O)N3CCC(N4Cc5ccccc5NC4=O)CC3)ccc2N1. The molecular formula is C37H51N7O3. The number of anilines is 2. The second-order valence-electron chi connectivity index (χ2n) is 13.3. The number of rotatable bonds is 5. The summed E-state index contributed by atoms with van der Waals surface area (Å²) in [5.74, 6) is 0.0279. The number of likely N-dealkylation sites (tertiary alicyclic amines) is 3. The molecule has 0 bridgehead atoms. The van der Waals surface area contributed by atoms with Crippen molar-refractivity contribution in [3.8, 4) is 12.8 Å². The number of terminal acetylenes is 1. The van der Waals surface area contributed by atoms with Crippen LogP contribution in [0.2, 0.25) is 0 Å². The molecule has 0 unspecified atom stereocenters. The first-order valence-corrected chi connectivity index (χ1v) is 17.3. The first kappa shape index (κ1) is 34.3. The number of hydrogen-bond acceptors (Lipinski definition) is 5. The summed E-state index contributed by atoms with van der Waals surface area (Å²) in [4.78, 5) is 45.5. The minimum Gasteiger partial charge on any atom is -0.338 e. The molecule has 10 heteroatoms. The molecule has 10 nitrogen and oxygen atoms in total. The van der Waals surface area contributed by atoms with Gasteiger partial charge in [0.15, 0.2) is 0 Å². The average Bonchev–Trinajstić information content (AvgIpc) is 3.49. The number of nitrogens with zero attached hydrogens (tertiary/aromatic N) is 4. The molecule has 0 radical (unpaired) electrons. The summed E-state index contributed by atoms with van der Waals surface area (Å²) in [5.41, 5.74) is 5.02. The van der Waals surface area contributed by atoms with Crippen molar-refractivity contribution < 1.29 is 14.4 Å². The summed E-state index contributed by atoms with van der Waals surface area (Å²) < 4.78 is 0. The number of carbonyl (C=O) groups is 3. The summed E-state index contributed by atoms with van der Waals surface area (Å²) in [6.45, 7) is 7.78. The molecule has 7 rings (SSSR count). The van der Waals surface area contributed by atoms with Gasteiger partial charge in [0.25, 0.3) is 0 Å². The van der Waals surface area contributed by atoms with E-state index in [0.29, 0.717) is 32.6 Å². The molecule has 3 N–H and O–H groups in total. The Labute approximate surface area is 280 Å². The normalized spacial score (nSPS) is 20.4. The number of carbonyl (C=O) groups excluding carboxylic acids is 3. The Bertz CT molecular complexity index is 1390. The van der Waals surface area contributed by atoms with Gasteiger partial charge in [-0.2, -0.15) is 0 Å². The van der Waals surface area contributed by atoms with E-state index in [2.05, 4.69) is 45.6 Å². The van der Waals surface area contributed by atoms with E-state index in [0.717, 1.165) is 53.4 Å². The highest BCUT2D eigenvalue weighted by Crippen LogP contribution is 2.28. The lowest BCUT2D eigenvalue weighted by Gasteiger charge is -2.40. The van der Waals surface area contributed by atoms with Crippen LogP contribution in [0.15, 0.2) is 42.5 Å². The van der Waals surface area contributed by atoms with Crippen LogP contribution in [0.25, 0.3) is 0 Å². The molecule has 5 amide bonds. The van der Waals surface area contributed by atoms with Gasteiger partial charge in [0.1, 0.15) is 0 Å². The first-order valence-electron chi connectivity index (χ1n) is 17.3. The highest BCUT2D eigenvalue weighted by Gasteiger charge is 2.32. The van der Waals surface area contributed by atoms with Crippen LogP contribution >= 0.6 is 0 Å². The smallest absolute Gasteiger partial charge is 0.322 e. The Hall–Kier alpha value is -4.07. The lowest BCUT2D eigenvalue weighted by atomic mass is 10.0. The zero-order valence-electron chi connectivity index (χ0n) is 27.9. The van der Waals surface area contributed by atoms with E-state index in [1.807, 2.05) is 52.3 Å². The second-order valence-corrected chi connectivity index (χ2v) is 13.3. The molecule has 47 heavy (non-hydrogen) atoms. The molecule has 5 aliphatic rings. The molecule has 3 fully saturated rings. The third kappa shape index (κ3) is 9.05. The molecule has 3 saturated heterocycles. The predicted molar refractivity (Wildman–Crippen MR) is 187 cm³/mol. The molecule has 0 spiro atoms. The third-order valence-electron chi connectivity index (χ3n) is 10.1. The van der Waals surface area contributed by atoms with Gasteiger partial charge in [-0.3, -0.25) is 4.79 Å². The Morgan fingerprint density at radius 1 is 0.830 bits per heavy atom. The largest absolute Gasteiger partial charge is 0.338 e. The minimum atomic E-state index is -0.0603. The number of urea groups is 2. The summed E-state index contributed by atoms with van der Waals surface area (Å²) >= 11 is 0. The molecule has 0 atom stereocenters. The summed E-state index contributed by atoms with van der Waals surface area (Å²) in [6, 6.07) is 14.8. The van der Waals surface area contributed by atoms with Crippen molar-refractivity contribution >= 4 is 29.3 Å². The quantitative estimate of drug-likeness (QED) is 0.409. The van der Waals surface area contributed by atoms with Crippen molar-refractivity contribution in [1.82, 2.24) is 24.9 Å². The molecule has 0 aromatic heterocycles. The average molecular weight is 642 g/mol. The second kappa shape index (κ2) is 16.7. The maximum absolute atomic E-state index is 12.6. The number of fused-ring (bicyclic) bond motifs is 2. The van der Waals surface area contributed by atoms with Gasteiger partial charge < -0.3 is 35.6 Å². The van der Waals surface area contributed by atoms with Crippen LogP contribution in [-0.4, -0.2) is 103 Å².